The third-order valence-corrected chi connectivity index (χ3v) is 4.36. The van der Waals surface area contributed by atoms with Gasteiger partial charge in [-0.2, -0.15) is 0 Å². The molecule has 2 saturated heterocycles. The lowest BCUT2D eigenvalue weighted by Gasteiger charge is -2.20. The molecule has 5 nitrogen and oxygen atoms in total. The lowest BCUT2D eigenvalue weighted by atomic mass is 10.1. The summed E-state index contributed by atoms with van der Waals surface area (Å²) in [4.78, 5) is 14.5. The first-order chi connectivity index (χ1) is 10.1. The van der Waals surface area contributed by atoms with Crippen LogP contribution < -0.4 is 15.5 Å². The average Bonchev–Trinajstić information content (AvgIpc) is 3.12. The fourth-order valence-corrected chi connectivity index (χ4v) is 3.10. The van der Waals surface area contributed by atoms with Gasteiger partial charge in [-0.15, -0.1) is 0 Å². The first-order valence-corrected chi connectivity index (χ1v) is 7.71. The van der Waals surface area contributed by atoms with Gasteiger partial charge in [0, 0.05) is 31.0 Å². The van der Waals surface area contributed by atoms with Gasteiger partial charge in [-0.05, 0) is 49.9 Å². The van der Waals surface area contributed by atoms with Gasteiger partial charge in [-0.1, -0.05) is 0 Å². The number of carbonyl (C=O) groups is 1. The minimum Gasteiger partial charge on any atom is -0.392 e. The Balaban J connectivity index is 1.66. The van der Waals surface area contributed by atoms with E-state index in [1.54, 1.807) is 0 Å². The van der Waals surface area contributed by atoms with Crippen LogP contribution in [0.2, 0.25) is 0 Å². The van der Waals surface area contributed by atoms with E-state index >= 15 is 0 Å². The number of nitrogens with one attached hydrogen (secondary N) is 2. The van der Waals surface area contributed by atoms with Crippen LogP contribution >= 0.6 is 0 Å². The lowest BCUT2D eigenvalue weighted by Crippen LogP contribution is -2.35. The molecule has 2 unspecified atom stereocenters. The molecule has 1 aromatic carbocycles. The molecular weight excluding hydrogens is 266 g/mol. The van der Waals surface area contributed by atoms with E-state index in [-0.39, 0.29) is 11.9 Å². The van der Waals surface area contributed by atoms with Crippen LogP contribution in [-0.2, 0) is 4.79 Å². The van der Waals surface area contributed by atoms with E-state index in [0.717, 1.165) is 24.3 Å². The molecule has 0 bridgehead atoms. The van der Waals surface area contributed by atoms with Gasteiger partial charge in [0.1, 0.15) is 0 Å². The smallest absolute Gasteiger partial charge is 0.241 e. The molecule has 21 heavy (non-hydrogen) atoms. The summed E-state index contributed by atoms with van der Waals surface area (Å²) in [6, 6.07) is 5.90. The predicted molar refractivity (Wildman–Crippen MR) is 83.7 cm³/mol. The molecule has 0 aliphatic carbocycles. The number of hydrogen-bond acceptors (Lipinski definition) is 4. The van der Waals surface area contributed by atoms with Crippen LogP contribution in [0.3, 0.4) is 0 Å². The number of aliphatic hydroxyl groups is 1. The minimum atomic E-state index is -0.417. The molecule has 0 aromatic heterocycles. The molecule has 1 amide bonds. The first-order valence-electron chi connectivity index (χ1n) is 7.71. The second kappa shape index (κ2) is 6.03. The van der Waals surface area contributed by atoms with Gasteiger partial charge in [-0.3, -0.25) is 4.79 Å². The molecule has 5 heteroatoms. The van der Waals surface area contributed by atoms with E-state index in [0.29, 0.717) is 13.0 Å². The highest BCUT2D eigenvalue weighted by atomic mass is 16.3. The number of hydrogen-bond donors (Lipinski definition) is 3. The molecule has 0 radical (unpaired) electrons. The van der Waals surface area contributed by atoms with Crippen LogP contribution in [-0.4, -0.2) is 42.8 Å². The number of aryl methyl sites for hydroxylation is 1. The van der Waals surface area contributed by atoms with Crippen molar-refractivity contribution in [2.75, 3.05) is 29.9 Å². The zero-order valence-electron chi connectivity index (χ0n) is 12.4. The second-order valence-corrected chi connectivity index (χ2v) is 6.03. The third-order valence-electron chi connectivity index (χ3n) is 4.36. The summed E-state index contributed by atoms with van der Waals surface area (Å²) in [5.41, 5.74) is 3.16. The summed E-state index contributed by atoms with van der Waals surface area (Å²) in [5.74, 6) is -0.0661. The van der Waals surface area contributed by atoms with Gasteiger partial charge < -0.3 is 20.6 Å². The summed E-state index contributed by atoms with van der Waals surface area (Å²) < 4.78 is 0. The molecular formula is C16H23N3O2. The summed E-state index contributed by atoms with van der Waals surface area (Å²) >= 11 is 0. The van der Waals surface area contributed by atoms with Crippen molar-refractivity contribution in [2.24, 2.45) is 0 Å². The Morgan fingerprint density at radius 1 is 1.38 bits per heavy atom. The summed E-state index contributed by atoms with van der Waals surface area (Å²) in [6.45, 7) is 4.75. The standard InChI is InChI=1S/C16H23N3O2/c1-11-8-12(19-6-2-3-7-19)4-5-14(11)18-16(21)15-9-13(20)10-17-15/h4-5,8,13,15,17,20H,2-3,6-7,9-10H2,1H3,(H,18,21). The maximum absolute atomic E-state index is 12.2. The van der Waals surface area contributed by atoms with Gasteiger partial charge in [0.15, 0.2) is 0 Å². The molecule has 2 heterocycles. The maximum atomic E-state index is 12.2. The predicted octanol–water partition coefficient (Wildman–Crippen LogP) is 1.26. The van der Waals surface area contributed by atoms with E-state index in [9.17, 15) is 9.90 Å². The highest BCUT2D eigenvalue weighted by molar-refractivity contribution is 5.95. The van der Waals surface area contributed by atoms with Crippen molar-refractivity contribution in [3.8, 4) is 0 Å². The Labute approximate surface area is 125 Å². The normalized spacial score (nSPS) is 25.3. The van der Waals surface area contributed by atoms with Crippen LogP contribution in [0, 0.1) is 6.92 Å². The van der Waals surface area contributed by atoms with Gasteiger partial charge in [0.05, 0.1) is 12.1 Å². The molecule has 1 aromatic rings. The topological polar surface area (TPSA) is 64.6 Å². The number of carbonyl (C=O) groups excluding carboxylic acids is 1. The van der Waals surface area contributed by atoms with Crippen molar-refractivity contribution in [1.82, 2.24) is 5.32 Å². The number of amides is 1. The summed E-state index contributed by atoms with van der Waals surface area (Å²) in [6.07, 6.45) is 2.58. The number of β-amino-alcohol motifs (C(OH)–C–C–N with tert-alkyl or cyclic N) is 1. The van der Waals surface area contributed by atoms with E-state index in [1.807, 2.05) is 13.0 Å². The number of aliphatic hydroxyl groups excluding tert-OH is 1. The molecule has 2 atom stereocenters. The Hall–Kier alpha value is -1.59. The second-order valence-electron chi connectivity index (χ2n) is 6.03. The van der Waals surface area contributed by atoms with Crippen molar-refractivity contribution in [2.45, 2.75) is 38.3 Å². The highest BCUT2D eigenvalue weighted by Crippen LogP contribution is 2.25. The Morgan fingerprint density at radius 3 is 2.76 bits per heavy atom. The van der Waals surface area contributed by atoms with E-state index in [1.165, 1.54) is 18.5 Å². The van der Waals surface area contributed by atoms with Crippen LogP contribution in [0.1, 0.15) is 24.8 Å². The SMILES string of the molecule is Cc1cc(N2CCCC2)ccc1NC(=O)C1CC(O)CN1. The van der Waals surface area contributed by atoms with Crippen LogP contribution in [0.5, 0.6) is 0 Å². The molecule has 3 N–H and O–H groups in total. The Kier molecular flexibility index (Phi) is 4.12. The van der Waals surface area contributed by atoms with Gasteiger partial charge in [0.2, 0.25) is 5.91 Å². The van der Waals surface area contributed by atoms with Crippen LogP contribution in [0.15, 0.2) is 18.2 Å². The Bertz CT molecular complexity index is 526. The van der Waals surface area contributed by atoms with Gasteiger partial charge in [0.25, 0.3) is 0 Å². The number of rotatable bonds is 3. The minimum absolute atomic E-state index is 0.0661. The fraction of sp³-hybridized carbons (Fsp3) is 0.562. The van der Waals surface area contributed by atoms with Crippen molar-refractivity contribution in [1.29, 1.82) is 0 Å². The molecule has 114 valence electrons. The van der Waals surface area contributed by atoms with Crippen molar-refractivity contribution >= 4 is 17.3 Å². The summed E-state index contributed by atoms with van der Waals surface area (Å²) in [7, 11) is 0. The third kappa shape index (κ3) is 3.19. The van der Waals surface area contributed by atoms with Crippen LogP contribution in [0.25, 0.3) is 0 Å². The van der Waals surface area contributed by atoms with Crippen molar-refractivity contribution < 1.29 is 9.90 Å². The monoisotopic (exact) mass is 289 g/mol. The van der Waals surface area contributed by atoms with Crippen LogP contribution in [0.4, 0.5) is 11.4 Å². The van der Waals surface area contributed by atoms with E-state index in [2.05, 4.69) is 27.7 Å². The fourth-order valence-electron chi connectivity index (χ4n) is 3.10. The number of anilines is 2. The largest absolute Gasteiger partial charge is 0.392 e. The first kappa shape index (κ1) is 14.4. The van der Waals surface area contributed by atoms with E-state index in [4.69, 9.17) is 0 Å². The molecule has 0 spiro atoms. The van der Waals surface area contributed by atoms with Crippen molar-refractivity contribution in [3.05, 3.63) is 23.8 Å². The summed E-state index contributed by atoms with van der Waals surface area (Å²) in [5, 5.41) is 15.5. The quantitative estimate of drug-likeness (QED) is 0.784. The Morgan fingerprint density at radius 2 is 2.14 bits per heavy atom. The molecule has 2 fully saturated rings. The van der Waals surface area contributed by atoms with E-state index < -0.39 is 6.10 Å². The molecule has 0 saturated carbocycles. The lowest BCUT2D eigenvalue weighted by molar-refractivity contribution is -0.117. The highest BCUT2D eigenvalue weighted by Gasteiger charge is 2.28. The number of nitrogens with zero attached hydrogens (tertiary/aromatic N) is 1. The zero-order chi connectivity index (χ0) is 14.8. The molecule has 2 aliphatic heterocycles. The van der Waals surface area contributed by atoms with Gasteiger partial charge in [-0.25, -0.2) is 0 Å². The number of benzene rings is 1. The molecule has 3 rings (SSSR count). The maximum Gasteiger partial charge on any atom is 0.241 e. The zero-order valence-corrected chi connectivity index (χ0v) is 12.4. The van der Waals surface area contributed by atoms with Gasteiger partial charge >= 0.3 is 0 Å². The average molecular weight is 289 g/mol. The van der Waals surface area contributed by atoms with Crippen molar-refractivity contribution in [3.63, 3.8) is 0 Å². The molecule has 2 aliphatic rings.